The lowest BCUT2D eigenvalue weighted by atomic mass is 10.0. The lowest BCUT2D eigenvalue weighted by Gasteiger charge is -2.22. The van der Waals surface area contributed by atoms with Crippen LogP contribution in [0.4, 0.5) is 9.18 Å². The van der Waals surface area contributed by atoms with Crippen LogP contribution in [0.1, 0.15) is 34.0 Å². The lowest BCUT2D eigenvalue weighted by molar-refractivity contribution is 0.0971. The van der Waals surface area contributed by atoms with Crippen LogP contribution in [-0.4, -0.2) is 68.2 Å². The van der Waals surface area contributed by atoms with Crippen LogP contribution in [0.25, 0.3) is 11.1 Å². The zero-order valence-electron chi connectivity index (χ0n) is 21.4. The summed E-state index contributed by atoms with van der Waals surface area (Å²) in [7, 11) is -3.79. The SMILES string of the molecule is CS(=O)(=O)NC(=O)c1ccc(-c2ccc(CCN(C[C@H](O)c3ccccc3)C(=O)O)cc2)cc1OCCCF. The van der Waals surface area contributed by atoms with E-state index >= 15 is 0 Å². The Bertz CT molecular complexity index is 1370. The number of halogens is 1. The molecule has 11 heteroatoms. The molecule has 0 bridgehead atoms. The van der Waals surface area contributed by atoms with Gasteiger partial charge in [-0.15, -0.1) is 0 Å². The van der Waals surface area contributed by atoms with Crippen LogP contribution >= 0.6 is 0 Å². The van der Waals surface area contributed by atoms with Gasteiger partial charge in [-0.1, -0.05) is 60.7 Å². The molecule has 0 saturated carbocycles. The van der Waals surface area contributed by atoms with Gasteiger partial charge in [0.1, 0.15) is 5.75 Å². The number of ether oxygens (including phenoxy) is 1. The van der Waals surface area contributed by atoms with Crippen LogP contribution in [0.15, 0.2) is 72.8 Å². The number of benzene rings is 3. The number of nitrogens with one attached hydrogen (secondary N) is 1. The Balaban J connectivity index is 1.71. The first kappa shape index (κ1) is 29.6. The minimum atomic E-state index is -3.79. The fraction of sp³-hybridized carbons (Fsp3) is 0.286. The highest BCUT2D eigenvalue weighted by Gasteiger charge is 2.19. The summed E-state index contributed by atoms with van der Waals surface area (Å²) in [5.74, 6) is -0.727. The van der Waals surface area contributed by atoms with Gasteiger partial charge >= 0.3 is 6.09 Å². The van der Waals surface area contributed by atoms with Crippen molar-refractivity contribution in [1.82, 2.24) is 9.62 Å². The van der Waals surface area contributed by atoms with Crippen molar-refractivity contribution in [2.24, 2.45) is 0 Å². The molecule has 0 heterocycles. The summed E-state index contributed by atoms with van der Waals surface area (Å²) in [6.45, 7) is -0.454. The highest BCUT2D eigenvalue weighted by atomic mass is 32.2. The third kappa shape index (κ3) is 9.08. The predicted octanol–water partition coefficient (Wildman–Crippen LogP) is 4.04. The zero-order chi connectivity index (χ0) is 28.4. The second kappa shape index (κ2) is 13.7. The molecule has 39 heavy (non-hydrogen) atoms. The molecule has 2 amide bonds. The summed E-state index contributed by atoms with van der Waals surface area (Å²) < 4.78 is 43.0. The molecular weight excluding hydrogens is 527 g/mol. The van der Waals surface area contributed by atoms with Gasteiger partial charge < -0.3 is 19.8 Å². The number of carboxylic acid groups (broad SMARTS) is 1. The number of carbonyl (C=O) groups excluding carboxylic acids is 1. The first-order chi connectivity index (χ1) is 18.6. The summed E-state index contributed by atoms with van der Waals surface area (Å²) in [6, 6.07) is 20.9. The number of alkyl halides is 1. The first-order valence-electron chi connectivity index (χ1n) is 12.2. The van der Waals surface area contributed by atoms with Crippen molar-refractivity contribution < 1.29 is 37.3 Å². The van der Waals surface area contributed by atoms with Crippen molar-refractivity contribution in [1.29, 1.82) is 0 Å². The van der Waals surface area contributed by atoms with E-state index < -0.39 is 34.8 Å². The molecular formula is C28H31FN2O7S. The van der Waals surface area contributed by atoms with E-state index in [0.29, 0.717) is 17.5 Å². The molecule has 0 aliphatic heterocycles. The van der Waals surface area contributed by atoms with E-state index in [4.69, 9.17) is 4.74 Å². The summed E-state index contributed by atoms with van der Waals surface area (Å²) in [6.07, 6.45) is -0.653. The van der Waals surface area contributed by atoms with Gasteiger partial charge in [-0.3, -0.25) is 9.18 Å². The van der Waals surface area contributed by atoms with Crippen LogP contribution < -0.4 is 9.46 Å². The van der Waals surface area contributed by atoms with Crippen LogP contribution in [0.5, 0.6) is 5.75 Å². The van der Waals surface area contributed by atoms with Gasteiger partial charge in [-0.05, 0) is 40.8 Å². The van der Waals surface area contributed by atoms with Crippen LogP contribution in [0.3, 0.4) is 0 Å². The van der Waals surface area contributed by atoms with Gasteiger partial charge in [0.05, 0.1) is 37.7 Å². The average molecular weight is 559 g/mol. The summed E-state index contributed by atoms with van der Waals surface area (Å²) >= 11 is 0. The predicted molar refractivity (Wildman–Crippen MR) is 145 cm³/mol. The molecule has 0 spiro atoms. The standard InChI is InChI=1S/C28H31FN2O7S/c1-39(36,37)30-27(33)24-13-12-23(18-26(24)38-17-5-15-29)21-10-8-20(9-11-21)14-16-31(28(34)35)19-25(32)22-6-3-2-4-7-22/h2-4,6-13,18,25,32H,5,14-17,19H2,1H3,(H,30,33)(H,34,35)/t25-/m0/s1. The number of aliphatic hydroxyl groups excluding tert-OH is 1. The van der Waals surface area contributed by atoms with Crippen LogP contribution in [0, 0.1) is 0 Å². The molecule has 0 fully saturated rings. The molecule has 9 nitrogen and oxygen atoms in total. The van der Waals surface area contributed by atoms with Gasteiger partial charge in [-0.2, -0.15) is 0 Å². The smallest absolute Gasteiger partial charge is 0.407 e. The largest absolute Gasteiger partial charge is 0.493 e. The van der Waals surface area contributed by atoms with Crippen molar-refractivity contribution in [3.63, 3.8) is 0 Å². The third-order valence-corrected chi connectivity index (χ3v) is 6.40. The second-order valence-electron chi connectivity index (χ2n) is 8.91. The van der Waals surface area contributed by atoms with Crippen LogP contribution in [-0.2, 0) is 16.4 Å². The Morgan fingerprint density at radius 3 is 2.31 bits per heavy atom. The Labute approximate surface area is 226 Å². The molecule has 3 N–H and O–H groups in total. The minimum absolute atomic E-state index is 0.00565. The highest BCUT2D eigenvalue weighted by Crippen LogP contribution is 2.28. The van der Waals surface area contributed by atoms with Gasteiger partial charge in [0, 0.05) is 13.0 Å². The number of nitrogens with zero attached hydrogens (tertiary/aromatic N) is 1. The number of amides is 2. The van der Waals surface area contributed by atoms with Crippen molar-refractivity contribution in [3.8, 4) is 16.9 Å². The minimum Gasteiger partial charge on any atom is -0.493 e. The molecule has 3 aromatic carbocycles. The van der Waals surface area contributed by atoms with E-state index in [-0.39, 0.29) is 37.4 Å². The molecule has 0 aliphatic carbocycles. The Kier molecular flexibility index (Phi) is 10.4. The van der Waals surface area contributed by atoms with Gasteiger partial charge in [0.15, 0.2) is 0 Å². The number of carbonyl (C=O) groups is 2. The highest BCUT2D eigenvalue weighted by molar-refractivity contribution is 7.89. The number of aliphatic hydroxyl groups is 1. The first-order valence-corrected chi connectivity index (χ1v) is 14.1. The maximum Gasteiger partial charge on any atom is 0.407 e. The maximum absolute atomic E-state index is 12.6. The van der Waals surface area contributed by atoms with Crippen molar-refractivity contribution in [3.05, 3.63) is 89.5 Å². The zero-order valence-corrected chi connectivity index (χ0v) is 22.2. The van der Waals surface area contributed by atoms with Crippen LogP contribution in [0.2, 0.25) is 0 Å². The number of sulfonamides is 1. The Morgan fingerprint density at radius 2 is 1.69 bits per heavy atom. The number of rotatable bonds is 13. The van der Waals surface area contributed by atoms with E-state index in [2.05, 4.69) is 0 Å². The van der Waals surface area contributed by atoms with Gasteiger partial charge in [0.25, 0.3) is 5.91 Å². The molecule has 0 radical (unpaired) electrons. The Hall–Kier alpha value is -3.96. The maximum atomic E-state index is 12.6. The van der Waals surface area contributed by atoms with Crippen molar-refractivity contribution in [2.45, 2.75) is 18.9 Å². The Morgan fingerprint density at radius 1 is 1.03 bits per heavy atom. The van der Waals surface area contributed by atoms with E-state index in [1.165, 1.54) is 11.0 Å². The fourth-order valence-electron chi connectivity index (χ4n) is 3.85. The van der Waals surface area contributed by atoms with E-state index in [1.807, 2.05) is 35.1 Å². The van der Waals surface area contributed by atoms with E-state index in [1.54, 1.807) is 36.4 Å². The summed E-state index contributed by atoms with van der Waals surface area (Å²) in [5.41, 5.74) is 2.99. The molecule has 1 atom stereocenters. The molecule has 0 aliphatic rings. The molecule has 208 valence electrons. The molecule has 3 aromatic rings. The number of hydrogen-bond acceptors (Lipinski definition) is 6. The van der Waals surface area contributed by atoms with E-state index in [9.17, 15) is 32.6 Å². The van der Waals surface area contributed by atoms with E-state index in [0.717, 1.165) is 17.4 Å². The van der Waals surface area contributed by atoms with Gasteiger partial charge in [-0.25, -0.2) is 17.9 Å². The topological polar surface area (TPSA) is 133 Å². The van der Waals surface area contributed by atoms with Crippen molar-refractivity contribution >= 4 is 22.0 Å². The second-order valence-corrected chi connectivity index (χ2v) is 10.7. The van der Waals surface area contributed by atoms with Gasteiger partial charge in [0.2, 0.25) is 10.0 Å². The quantitative estimate of drug-likeness (QED) is 0.270. The normalized spacial score (nSPS) is 12.0. The lowest BCUT2D eigenvalue weighted by Crippen LogP contribution is -2.35. The molecule has 3 rings (SSSR count). The monoisotopic (exact) mass is 558 g/mol. The molecule has 0 aromatic heterocycles. The fourth-order valence-corrected chi connectivity index (χ4v) is 4.30. The molecule has 0 unspecified atom stereocenters. The van der Waals surface area contributed by atoms with Crippen molar-refractivity contribution in [2.75, 3.05) is 32.6 Å². The molecule has 0 saturated heterocycles. The average Bonchev–Trinajstić information content (AvgIpc) is 2.90. The summed E-state index contributed by atoms with van der Waals surface area (Å²) in [4.78, 5) is 25.3. The summed E-state index contributed by atoms with van der Waals surface area (Å²) in [5, 5.41) is 20.0. The number of hydrogen-bond donors (Lipinski definition) is 3. The third-order valence-electron chi connectivity index (χ3n) is 5.85.